The molecule has 2 aromatic heterocycles. The average molecular weight is 162 g/mol. The van der Waals surface area contributed by atoms with E-state index in [0.29, 0.717) is 0 Å². The minimum Gasteiger partial charge on any atom is -0.159 e. The van der Waals surface area contributed by atoms with E-state index in [1.807, 2.05) is 12.1 Å². The van der Waals surface area contributed by atoms with E-state index in [1.54, 1.807) is 23.7 Å². The molecule has 2 rings (SSSR count). The third-order valence-electron chi connectivity index (χ3n) is 1.39. The molecule has 2 heterocycles. The molecule has 0 aliphatic carbocycles. The molecule has 2 aromatic rings. The predicted molar refractivity (Wildman–Crippen MR) is 45.3 cm³/mol. The highest BCUT2D eigenvalue weighted by atomic mass is 32.1. The molecule has 54 valence electrons. The Bertz CT molecular complexity index is 315. The molecule has 0 aliphatic heterocycles. The van der Waals surface area contributed by atoms with Crippen LogP contribution in [0, 0.1) is 0 Å². The van der Waals surface area contributed by atoms with Gasteiger partial charge in [-0.15, -0.1) is 11.3 Å². The maximum absolute atomic E-state index is 3.80. The van der Waals surface area contributed by atoms with E-state index in [4.69, 9.17) is 0 Å². The molecule has 0 saturated heterocycles. The van der Waals surface area contributed by atoms with E-state index < -0.39 is 0 Å². The van der Waals surface area contributed by atoms with Crippen LogP contribution in [0.15, 0.2) is 36.0 Å². The van der Waals surface area contributed by atoms with Gasteiger partial charge in [0.05, 0.1) is 12.4 Å². The smallest absolute Gasteiger partial charge is 0.0582 e. The molecule has 0 amide bonds. The Labute approximate surface area is 68.5 Å². The summed E-state index contributed by atoms with van der Waals surface area (Å²) in [6, 6.07) is 6.06. The predicted octanol–water partition coefficient (Wildman–Crippen LogP) is 2.21. The van der Waals surface area contributed by atoms with Gasteiger partial charge < -0.3 is 0 Å². The first-order chi connectivity index (χ1) is 5.47. The average Bonchev–Trinajstić information content (AvgIpc) is 2.58. The minimum atomic E-state index is 1.13. The monoisotopic (exact) mass is 162 g/mol. The standard InChI is InChI=1S/C8H6N2S/c1-2-8(11-5-1)7-3-4-9-10-6-7/h1-6H. The third-order valence-corrected chi connectivity index (χ3v) is 2.31. The van der Waals surface area contributed by atoms with Crippen molar-refractivity contribution in [1.82, 2.24) is 10.2 Å². The molecule has 0 radical (unpaired) electrons. The molecule has 0 spiro atoms. The normalized spacial score (nSPS) is 9.82. The van der Waals surface area contributed by atoms with Crippen molar-refractivity contribution >= 4 is 11.3 Å². The number of thiophene rings is 1. The first-order valence-electron chi connectivity index (χ1n) is 3.27. The van der Waals surface area contributed by atoms with E-state index in [0.717, 1.165) is 5.56 Å². The second-order valence-electron chi connectivity index (χ2n) is 2.11. The van der Waals surface area contributed by atoms with E-state index in [-0.39, 0.29) is 0 Å². The molecule has 0 saturated carbocycles. The Morgan fingerprint density at radius 1 is 1.18 bits per heavy atom. The van der Waals surface area contributed by atoms with Crippen LogP contribution >= 0.6 is 11.3 Å². The molecule has 0 bridgehead atoms. The van der Waals surface area contributed by atoms with Crippen LogP contribution in [-0.4, -0.2) is 10.2 Å². The molecular weight excluding hydrogens is 156 g/mol. The number of hydrogen-bond acceptors (Lipinski definition) is 3. The third kappa shape index (κ3) is 1.28. The van der Waals surface area contributed by atoms with Gasteiger partial charge in [0.2, 0.25) is 0 Å². The van der Waals surface area contributed by atoms with Crippen LogP contribution in [-0.2, 0) is 0 Å². The molecule has 0 N–H and O–H groups in total. The molecular formula is C8H6N2S. The molecule has 2 nitrogen and oxygen atoms in total. The van der Waals surface area contributed by atoms with Crippen LogP contribution in [0.5, 0.6) is 0 Å². The molecule has 0 aliphatic rings. The van der Waals surface area contributed by atoms with Gasteiger partial charge >= 0.3 is 0 Å². The van der Waals surface area contributed by atoms with Crippen LogP contribution < -0.4 is 0 Å². The SMILES string of the molecule is c1csc(-c2ccnnc2)c1. The largest absolute Gasteiger partial charge is 0.159 e. The quantitative estimate of drug-likeness (QED) is 0.642. The Morgan fingerprint density at radius 3 is 2.82 bits per heavy atom. The van der Waals surface area contributed by atoms with Crippen molar-refractivity contribution in [3.05, 3.63) is 36.0 Å². The summed E-state index contributed by atoms with van der Waals surface area (Å²) >= 11 is 1.71. The van der Waals surface area contributed by atoms with Crippen LogP contribution in [0.1, 0.15) is 0 Å². The summed E-state index contributed by atoms with van der Waals surface area (Å²) in [6.07, 6.45) is 3.47. The summed E-state index contributed by atoms with van der Waals surface area (Å²) in [4.78, 5) is 1.24. The van der Waals surface area contributed by atoms with Gasteiger partial charge in [0, 0.05) is 10.4 Å². The van der Waals surface area contributed by atoms with Crippen molar-refractivity contribution in [3.63, 3.8) is 0 Å². The Balaban J connectivity index is 2.46. The van der Waals surface area contributed by atoms with Crippen LogP contribution in [0.4, 0.5) is 0 Å². The van der Waals surface area contributed by atoms with E-state index in [2.05, 4.69) is 21.6 Å². The van der Waals surface area contributed by atoms with Crippen molar-refractivity contribution in [1.29, 1.82) is 0 Å². The van der Waals surface area contributed by atoms with Gasteiger partial charge in [-0.05, 0) is 17.5 Å². The number of rotatable bonds is 1. The maximum atomic E-state index is 3.80. The van der Waals surface area contributed by atoms with Crippen LogP contribution in [0.25, 0.3) is 10.4 Å². The zero-order chi connectivity index (χ0) is 7.52. The lowest BCUT2D eigenvalue weighted by molar-refractivity contribution is 1.03. The summed E-state index contributed by atoms with van der Waals surface area (Å²) in [5, 5.41) is 9.56. The Hall–Kier alpha value is -1.22. The van der Waals surface area contributed by atoms with Crippen molar-refractivity contribution < 1.29 is 0 Å². The van der Waals surface area contributed by atoms with Crippen LogP contribution in [0.2, 0.25) is 0 Å². The van der Waals surface area contributed by atoms with Gasteiger partial charge in [0.15, 0.2) is 0 Å². The number of hydrogen-bond donors (Lipinski definition) is 0. The van der Waals surface area contributed by atoms with Gasteiger partial charge in [0.25, 0.3) is 0 Å². The lowest BCUT2D eigenvalue weighted by Crippen LogP contribution is -1.78. The summed E-state index contributed by atoms with van der Waals surface area (Å²) in [5.74, 6) is 0. The highest BCUT2D eigenvalue weighted by Gasteiger charge is 1.95. The van der Waals surface area contributed by atoms with Gasteiger partial charge in [-0.25, -0.2) is 0 Å². The second kappa shape index (κ2) is 2.80. The number of nitrogens with zero attached hydrogens (tertiary/aromatic N) is 2. The zero-order valence-electron chi connectivity index (χ0n) is 5.77. The highest BCUT2D eigenvalue weighted by Crippen LogP contribution is 2.22. The topological polar surface area (TPSA) is 25.8 Å². The fraction of sp³-hybridized carbons (Fsp3) is 0. The molecule has 0 aromatic carbocycles. The fourth-order valence-electron chi connectivity index (χ4n) is 0.879. The van der Waals surface area contributed by atoms with E-state index in [1.165, 1.54) is 4.88 Å². The summed E-state index contributed by atoms with van der Waals surface area (Å²) < 4.78 is 0. The van der Waals surface area contributed by atoms with Gasteiger partial charge in [-0.1, -0.05) is 6.07 Å². The van der Waals surface area contributed by atoms with Gasteiger partial charge in [0.1, 0.15) is 0 Å². The van der Waals surface area contributed by atoms with Crippen molar-refractivity contribution in [2.45, 2.75) is 0 Å². The first-order valence-corrected chi connectivity index (χ1v) is 4.15. The van der Waals surface area contributed by atoms with Crippen molar-refractivity contribution in [2.24, 2.45) is 0 Å². The maximum Gasteiger partial charge on any atom is 0.0582 e. The molecule has 0 unspecified atom stereocenters. The lowest BCUT2D eigenvalue weighted by Gasteiger charge is -1.91. The van der Waals surface area contributed by atoms with E-state index in [9.17, 15) is 0 Å². The number of aromatic nitrogens is 2. The molecule has 3 heteroatoms. The van der Waals surface area contributed by atoms with Gasteiger partial charge in [-0.3, -0.25) is 0 Å². The second-order valence-corrected chi connectivity index (χ2v) is 3.06. The van der Waals surface area contributed by atoms with Crippen molar-refractivity contribution in [3.8, 4) is 10.4 Å². The van der Waals surface area contributed by atoms with Crippen molar-refractivity contribution in [2.75, 3.05) is 0 Å². The highest BCUT2D eigenvalue weighted by molar-refractivity contribution is 7.13. The molecule has 11 heavy (non-hydrogen) atoms. The summed E-state index contributed by atoms with van der Waals surface area (Å²) in [5.41, 5.74) is 1.13. The molecule has 0 fully saturated rings. The lowest BCUT2D eigenvalue weighted by atomic mass is 10.3. The summed E-state index contributed by atoms with van der Waals surface area (Å²) in [6.45, 7) is 0. The summed E-state index contributed by atoms with van der Waals surface area (Å²) in [7, 11) is 0. The van der Waals surface area contributed by atoms with Gasteiger partial charge in [-0.2, -0.15) is 10.2 Å². The minimum absolute atomic E-state index is 1.13. The molecule has 0 atom stereocenters. The Kier molecular flexibility index (Phi) is 1.65. The van der Waals surface area contributed by atoms with Crippen LogP contribution in [0.3, 0.4) is 0 Å². The van der Waals surface area contributed by atoms with E-state index >= 15 is 0 Å². The fourth-order valence-corrected chi connectivity index (χ4v) is 1.60. The Morgan fingerprint density at radius 2 is 2.18 bits per heavy atom. The zero-order valence-corrected chi connectivity index (χ0v) is 6.58. The first kappa shape index (κ1) is 6.49.